The van der Waals surface area contributed by atoms with Gasteiger partial charge in [-0.1, -0.05) is 35.0 Å². The molecule has 0 amide bonds. The molecule has 0 radical (unpaired) electrons. The van der Waals surface area contributed by atoms with Crippen molar-refractivity contribution in [2.24, 2.45) is 4.40 Å². The quantitative estimate of drug-likeness (QED) is 0.421. The number of carbonyl (C=O) groups excluding carboxylic acids is 1. The van der Waals surface area contributed by atoms with Gasteiger partial charge in [0.25, 0.3) is 0 Å². The minimum absolute atomic E-state index is 0.0235. The summed E-state index contributed by atoms with van der Waals surface area (Å²) in [5.74, 6) is 0.0235. The third kappa shape index (κ3) is 5.02. The maximum Gasteiger partial charge on any atom is 0.195 e. The van der Waals surface area contributed by atoms with Gasteiger partial charge in [-0.05, 0) is 73.2 Å². The highest BCUT2D eigenvalue weighted by Gasteiger charge is 2.19. The van der Waals surface area contributed by atoms with Crippen LogP contribution in [-0.4, -0.2) is 11.5 Å². The highest BCUT2D eigenvalue weighted by Crippen LogP contribution is 2.32. The second-order valence-corrected chi connectivity index (χ2v) is 8.11. The van der Waals surface area contributed by atoms with E-state index in [9.17, 15) is 4.79 Å². The Morgan fingerprint density at radius 1 is 0.840 bits per heavy atom. The lowest BCUT2D eigenvalue weighted by Crippen LogP contribution is -2.10. The van der Waals surface area contributed by atoms with Crippen molar-refractivity contribution >= 4 is 58.4 Å². The van der Waals surface area contributed by atoms with Crippen molar-refractivity contribution < 1.29 is 4.79 Å². The topological polar surface area (TPSA) is 29.4 Å². The molecule has 0 fully saturated rings. The number of carbonyl (C=O) groups is 1. The lowest BCUT2D eigenvalue weighted by Gasteiger charge is -2.12. The SMILES string of the molecule is CC1=CC(=NSc2ccc(Cl)cc2)C=C(Sc2ccc(Cl)cc2)C1=O. The van der Waals surface area contributed by atoms with Crippen LogP contribution in [-0.2, 0) is 4.79 Å². The van der Waals surface area contributed by atoms with Gasteiger partial charge in [0.2, 0.25) is 0 Å². The average Bonchev–Trinajstić information content (AvgIpc) is 2.60. The van der Waals surface area contributed by atoms with Crippen LogP contribution in [0.4, 0.5) is 0 Å². The van der Waals surface area contributed by atoms with Crippen LogP contribution in [0.5, 0.6) is 0 Å². The highest BCUT2D eigenvalue weighted by atomic mass is 35.5. The molecular weight excluding hydrogens is 393 g/mol. The third-order valence-corrected chi connectivity index (χ3v) is 5.66. The number of Topliss-reactive ketones (excluding diaryl/α,β-unsaturated/α-hetero) is 1. The molecule has 0 spiro atoms. The summed E-state index contributed by atoms with van der Waals surface area (Å²) in [5, 5.41) is 1.36. The number of allylic oxidation sites excluding steroid dienone is 4. The lowest BCUT2D eigenvalue weighted by molar-refractivity contribution is -0.111. The molecule has 1 aliphatic carbocycles. The Hall–Kier alpha value is -1.46. The number of ketones is 1. The van der Waals surface area contributed by atoms with Gasteiger partial charge in [-0.25, -0.2) is 4.40 Å². The first-order chi connectivity index (χ1) is 12.0. The third-order valence-electron chi connectivity index (χ3n) is 3.34. The molecule has 25 heavy (non-hydrogen) atoms. The predicted molar refractivity (Wildman–Crippen MR) is 109 cm³/mol. The van der Waals surface area contributed by atoms with Crippen LogP contribution < -0.4 is 0 Å². The molecule has 0 aliphatic heterocycles. The highest BCUT2D eigenvalue weighted by molar-refractivity contribution is 8.04. The lowest BCUT2D eigenvalue weighted by atomic mass is 10.1. The molecule has 0 N–H and O–H groups in total. The molecule has 2 aromatic carbocycles. The molecule has 6 heteroatoms. The van der Waals surface area contributed by atoms with E-state index in [-0.39, 0.29) is 5.78 Å². The van der Waals surface area contributed by atoms with E-state index in [0.29, 0.717) is 20.5 Å². The number of benzene rings is 2. The van der Waals surface area contributed by atoms with Crippen LogP contribution in [0.25, 0.3) is 0 Å². The summed E-state index contributed by atoms with van der Waals surface area (Å²) in [6, 6.07) is 14.9. The van der Waals surface area contributed by atoms with E-state index < -0.39 is 0 Å². The number of nitrogens with zero attached hydrogens (tertiary/aromatic N) is 1. The minimum atomic E-state index is 0.0235. The summed E-state index contributed by atoms with van der Waals surface area (Å²) < 4.78 is 4.52. The standard InChI is InChI=1S/C19H13Cl2NOS2/c1-12-10-15(22-25-17-8-4-14(21)5-9-17)11-18(19(12)23)24-16-6-2-13(20)3-7-16/h2-11H,1H3. The molecule has 2 nitrogen and oxygen atoms in total. The Bertz CT molecular complexity index is 885. The van der Waals surface area contributed by atoms with Crippen molar-refractivity contribution in [3.63, 3.8) is 0 Å². The fourth-order valence-corrected chi connectivity index (χ4v) is 3.87. The van der Waals surface area contributed by atoms with E-state index in [1.807, 2.05) is 54.6 Å². The second kappa shape index (κ2) is 8.28. The number of halogens is 2. The Morgan fingerprint density at radius 2 is 1.40 bits per heavy atom. The van der Waals surface area contributed by atoms with Crippen LogP contribution in [0.15, 0.2) is 85.3 Å². The van der Waals surface area contributed by atoms with E-state index in [1.165, 1.54) is 23.7 Å². The van der Waals surface area contributed by atoms with E-state index in [2.05, 4.69) is 4.40 Å². The minimum Gasteiger partial charge on any atom is -0.288 e. The first-order valence-electron chi connectivity index (χ1n) is 7.40. The average molecular weight is 406 g/mol. The van der Waals surface area contributed by atoms with Crippen molar-refractivity contribution in [1.82, 2.24) is 0 Å². The van der Waals surface area contributed by atoms with Crippen LogP contribution >= 0.6 is 46.9 Å². The molecule has 0 bridgehead atoms. The zero-order valence-corrected chi connectivity index (χ0v) is 16.3. The van der Waals surface area contributed by atoms with Gasteiger partial charge in [-0.2, -0.15) is 0 Å². The number of hydrogen-bond acceptors (Lipinski definition) is 4. The molecular formula is C19H13Cl2NOS2. The van der Waals surface area contributed by atoms with Crippen LogP contribution in [0.1, 0.15) is 6.92 Å². The molecule has 0 unspecified atom stereocenters. The smallest absolute Gasteiger partial charge is 0.195 e. The molecule has 1 aliphatic rings. The van der Waals surface area contributed by atoms with Gasteiger partial charge in [0.1, 0.15) is 0 Å². The van der Waals surface area contributed by atoms with Gasteiger partial charge in [0.15, 0.2) is 5.78 Å². The van der Waals surface area contributed by atoms with Gasteiger partial charge in [-0.3, -0.25) is 4.79 Å². The summed E-state index contributed by atoms with van der Waals surface area (Å²) in [7, 11) is 0. The Balaban J connectivity index is 1.80. The second-order valence-electron chi connectivity index (χ2n) is 5.28. The number of hydrogen-bond donors (Lipinski definition) is 0. The van der Waals surface area contributed by atoms with Crippen molar-refractivity contribution in [2.45, 2.75) is 16.7 Å². The summed E-state index contributed by atoms with van der Waals surface area (Å²) in [6.07, 6.45) is 3.62. The maximum absolute atomic E-state index is 12.4. The maximum atomic E-state index is 12.4. The summed E-state index contributed by atoms with van der Waals surface area (Å²) in [5.41, 5.74) is 1.43. The normalized spacial score (nSPS) is 16.0. The Labute approximate surface area is 165 Å². The summed E-state index contributed by atoms with van der Waals surface area (Å²) in [6.45, 7) is 1.81. The zero-order chi connectivity index (χ0) is 17.8. The number of rotatable bonds is 4. The predicted octanol–water partition coefficient (Wildman–Crippen LogP) is 6.65. The van der Waals surface area contributed by atoms with E-state index in [1.54, 1.807) is 13.0 Å². The largest absolute Gasteiger partial charge is 0.288 e. The summed E-state index contributed by atoms with van der Waals surface area (Å²) in [4.78, 5) is 15.0. The van der Waals surface area contributed by atoms with Crippen LogP contribution in [0.3, 0.4) is 0 Å². The fourth-order valence-electron chi connectivity index (χ4n) is 2.08. The van der Waals surface area contributed by atoms with Gasteiger partial charge >= 0.3 is 0 Å². The van der Waals surface area contributed by atoms with Crippen molar-refractivity contribution in [3.8, 4) is 0 Å². The molecule has 0 aromatic heterocycles. The molecule has 2 aromatic rings. The Kier molecular flexibility index (Phi) is 6.07. The fraction of sp³-hybridized carbons (Fsp3) is 0.0526. The van der Waals surface area contributed by atoms with Crippen molar-refractivity contribution in [3.05, 3.63) is 81.2 Å². The zero-order valence-electron chi connectivity index (χ0n) is 13.2. The van der Waals surface area contributed by atoms with Crippen molar-refractivity contribution in [1.29, 1.82) is 0 Å². The number of thioether (sulfide) groups is 1. The van der Waals surface area contributed by atoms with E-state index in [4.69, 9.17) is 23.2 Å². The molecule has 0 saturated carbocycles. The van der Waals surface area contributed by atoms with Crippen LogP contribution in [0.2, 0.25) is 10.0 Å². The first kappa shape index (κ1) is 18.3. The molecule has 126 valence electrons. The van der Waals surface area contributed by atoms with Crippen LogP contribution in [0, 0.1) is 0 Å². The van der Waals surface area contributed by atoms with Gasteiger partial charge in [0, 0.05) is 31.8 Å². The van der Waals surface area contributed by atoms with Crippen molar-refractivity contribution in [2.75, 3.05) is 0 Å². The van der Waals surface area contributed by atoms with Gasteiger partial charge in [0.05, 0.1) is 10.6 Å². The summed E-state index contributed by atoms with van der Waals surface area (Å²) >= 11 is 14.6. The molecule has 0 heterocycles. The van der Waals surface area contributed by atoms with E-state index in [0.717, 1.165) is 15.5 Å². The molecule has 3 rings (SSSR count). The van der Waals surface area contributed by atoms with Gasteiger partial charge in [-0.15, -0.1) is 0 Å². The molecule has 0 saturated heterocycles. The Morgan fingerprint density at radius 3 is 2.00 bits per heavy atom. The first-order valence-corrected chi connectivity index (χ1v) is 9.74. The monoisotopic (exact) mass is 405 g/mol. The molecule has 0 atom stereocenters. The van der Waals surface area contributed by atoms with E-state index >= 15 is 0 Å². The van der Waals surface area contributed by atoms with Gasteiger partial charge < -0.3 is 0 Å².